The van der Waals surface area contributed by atoms with Crippen molar-refractivity contribution in [3.8, 4) is 0 Å². The lowest BCUT2D eigenvalue weighted by atomic mass is 9.95. The average molecular weight is 363 g/mol. The van der Waals surface area contributed by atoms with E-state index < -0.39 is 23.7 Å². The van der Waals surface area contributed by atoms with E-state index in [1.165, 1.54) is 0 Å². The summed E-state index contributed by atoms with van der Waals surface area (Å²) in [6.45, 7) is 5.21. The van der Waals surface area contributed by atoms with Gasteiger partial charge in [0.05, 0.1) is 0 Å². The maximum Gasteiger partial charge on any atom is 0.509 e. The van der Waals surface area contributed by atoms with E-state index in [2.05, 4.69) is 4.74 Å². The van der Waals surface area contributed by atoms with E-state index in [4.69, 9.17) is 25.8 Å². The van der Waals surface area contributed by atoms with Crippen molar-refractivity contribution in [2.24, 2.45) is 0 Å². The van der Waals surface area contributed by atoms with Gasteiger partial charge in [0.25, 0.3) is 0 Å². The summed E-state index contributed by atoms with van der Waals surface area (Å²) in [6, 6.07) is -0.254. The topological polar surface area (TPSA) is 88.1 Å². The Balaban J connectivity index is 2.30. The monoisotopic (exact) mass is 362 g/mol. The summed E-state index contributed by atoms with van der Waals surface area (Å²) < 4.78 is 19.8. The summed E-state index contributed by atoms with van der Waals surface area (Å²) in [6.07, 6.45) is 2.99. The van der Waals surface area contributed by atoms with E-state index in [1.807, 2.05) is 0 Å². The van der Waals surface area contributed by atoms with E-state index >= 15 is 0 Å². The standard InChI is InChI=1S/C16H23ClO7/c1-16(2,3)24-14(19)9-8-13(18)22-11-4-6-12(7-5-11)23-15(20)21-10-17/h8-9,11-12H,4-7,10H2,1-3H3/b9-8+/t11-,12-. The number of hydrogen-bond donors (Lipinski definition) is 0. The van der Waals surface area contributed by atoms with Crippen LogP contribution in [0.3, 0.4) is 0 Å². The van der Waals surface area contributed by atoms with E-state index in [9.17, 15) is 14.4 Å². The molecule has 8 heteroatoms. The van der Waals surface area contributed by atoms with Crippen LogP contribution in [-0.4, -0.2) is 42.0 Å². The van der Waals surface area contributed by atoms with Crippen LogP contribution in [0.1, 0.15) is 46.5 Å². The van der Waals surface area contributed by atoms with Crippen LogP contribution in [0, 0.1) is 0 Å². The number of carbonyl (C=O) groups is 3. The van der Waals surface area contributed by atoms with Gasteiger partial charge in [-0.25, -0.2) is 14.4 Å². The van der Waals surface area contributed by atoms with Crippen molar-refractivity contribution in [1.82, 2.24) is 0 Å². The minimum Gasteiger partial charge on any atom is -0.459 e. The quantitative estimate of drug-likeness (QED) is 0.321. The first-order valence-electron chi connectivity index (χ1n) is 7.70. The van der Waals surface area contributed by atoms with E-state index in [0.29, 0.717) is 25.7 Å². The SMILES string of the molecule is CC(C)(C)OC(=O)/C=C/C(=O)O[C@H]1CC[C@H](OC(=O)OCCl)CC1. The molecule has 0 amide bonds. The number of ether oxygens (including phenoxy) is 4. The third kappa shape index (κ3) is 8.76. The predicted molar refractivity (Wildman–Crippen MR) is 85.4 cm³/mol. The first-order valence-corrected chi connectivity index (χ1v) is 8.24. The number of carbonyl (C=O) groups excluding carboxylic acids is 3. The largest absolute Gasteiger partial charge is 0.509 e. The number of rotatable bonds is 5. The van der Waals surface area contributed by atoms with Crippen LogP contribution in [0.25, 0.3) is 0 Å². The molecule has 0 radical (unpaired) electrons. The lowest BCUT2D eigenvalue weighted by molar-refractivity contribution is -0.150. The number of alkyl halides is 1. The Hall–Kier alpha value is -1.76. The molecule has 0 aromatic rings. The summed E-state index contributed by atoms with van der Waals surface area (Å²) in [5, 5.41) is 0. The normalized spacial score (nSPS) is 21.2. The summed E-state index contributed by atoms with van der Waals surface area (Å²) in [5.41, 5.74) is -0.617. The molecule has 0 unspecified atom stereocenters. The minimum atomic E-state index is -0.800. The minimum absolute atomic E-state index is 0.254. The molecular weight excluding hydrogens is 340 g/mol. The Bertz CT molecular complexity index is 473. The Morgan fingerprint density at radius 1 is 0.958 bits per heavy atom. The third-order valence-corrected chi connectivity index (χ3v) is 3.21. The van der Waals surface area contributed by atoms with Gasteiger partial charge >= 0.3 is 18.1 Å². The molecule has 0 heterocycles. The van der Waals surface area contributed by atoms with Gasteiger partial charge in [-0.1, -0.05) is 11.6 Å². The van der Waals surface area contributed by atoms with E-state index in [0.717, 1.165) is 12.2 Å². The number of halogens is 1. The molecule has 0 atom stereocenters. The number of esters is 2. The Kier molecular flexibility index (Phi) is 8.04. The molecule has 1 rings (SSSR count). The molecule has 0 aliphatic heterocycles. The summed E-state index contributed by atoms with van der Waals surface area (Å²) >= 11 is 5.26. The van der Waals surface area contributed by atoms with Gasteiger partial charge in [-0.05, 0) is 46.5 Å². The molecule has 0 bridgehead atoms. The fourth-order valence-electron chi connectivity index (χ4n) is 2.16. The molecule has 0 spiro atoms. The van der Waals surface area contributed by atoms with E-state index in [-0.39, 0.29) is 18.3 Å². The molecule has 1 saturated carbocycles. The molecule has 24 heavy (non-hydrogen) atoms. The van der Waals surface area contributed by atoms with Crippen LogP contribution in [0.15, 0.2) is 12.2 Å². The molecule has 1 fully saturated rings. The highest BCUT2D eigenvalue weighted by atomic mass is 35.5. The molecule has 0 aromatic carbocycles. The zero-order valence-electron chi connectivity index (χ0n) is 14.1. The fraction of sp³-hybridized carbons (Fsp3) is 0.688. The second-order valence-electron chi connectivity index (χ2n) is 6.32. The van der Waals surface area contributed by atoms with Gasteiger partial charge in [0.15, 0.2) is 6.07 Å². The lowest BCUT2D eigenvalue weighted by Crippen LogP contribution is -2.29. The van der Waals surface area contributed by atoms with Crippen LogP contribution in [0.2, 0.25) is 0 Å². The first kappa shape index (κ1) is 20.3. The summed E-state index contributed by atoms with van der Waals surface area (Å²) in [7, 11) is 0. The maximum atomic E-state index is 11.7. The predicted octanol–water partition coefficient (Wildman–Crippen LogP) is 3.09. The highest BCUT2D eigenvalue weighted by molar-refractivity contribution is 6.17. The first-order chi connectivity index (χ1) is 11.2. The van der Waals surface area contributed by atoms with Crippen LogP contribution >= 0.6 is 11.6 Å². The van der Waals surface area contributed by atoms with Crippen LogP contribution in [-0.2, 0) is 28.5 Å². The Morgan fingerprint density at radius 3 is 1.96 bits per heavy atom. The van der Waals surface area contributed by atoms with Gasteiger partial charge in [-0.3, -0.25) is 0 Å². The molecule has 0 aromatic heterocycles. The molecule has 1 aliphatic rings. The van der Waals surface area contributed by atoms with Gasteiger partial charge in [-0.2, -0.15) is 0 Å². The van der Waals surface area contributed by atoms with Gasteiger partial charge in [-0.15, -0.1) is 0 Å². The maximum absolute atomic E-state index is 11.7. The zero-order valence-corrected chi connectivity index (χ0v) is 14.8. The van der Waals surface area contributed by atoms with Crippen LogP contribution < -0.4 is 0 Å². The van der Waals surface area contributed by atoms with Crippen molar-refractivity contribution in [3.63, 3.8) is 0 Å². The number of hydrogen-bond acceptors (Lipinski definition) is 7. The fourth-order valence-corrected chi connectivity index (χ4v) is 2.25. The van der Waals surface area contributed by atoms with Crippen molar-refractivity contribution in [3.05, 3.63) is 12.2 Å². The Labute approximate surface area is 146 Å². The summed E-state index contributed by atoms with van der Waals surface area (Å²) in [4.78, 5) is 34.3. The molecule has 0 N–H and O–H groups in total. The van der Waals surface area contributed by atoms with Gasteiger partial charge in [0.2, 0.25) is 0 Å². The third-order valence-electron chi connectivity index (χ3n) is 3.10. The van der Waals surface area contributed by atoms with Crippen molar-refractivity contribution in [2.45, 2.75) is 64.3 Å². The second-order valence-corrected chi connectivity index (χ2v) is 6.54. The molecule has 1 aliphatic carbocycles. The van der Waals surface area contributed by atoms with Gasteiger partial charge in [0, 0.05) is 12.2 Å². The highest BCUT2D eigenvalue weighted by Gasteiger charge is 2.26. The zero-order chi connectivity index (χ0) is 18.2. The van der Waals surface area contributed by atoms with Crippen LogP contribution in [0.5, 0.6) is 0 Å². The second kappa shape index (κ2) is 9.52. The van der Waals surface area contributed by atoms with Crippen LogP contribution in [0.4, 0.5) is 4.79 Å². The van der Waals surface area contributed by atoms with Crippen molar-refractivity contribution in [1.29, 1.82) is 0 Å². The lowest BCUT2D eigenvalue weighted by Gasteiger charge is -2.27. The molecule has 136 valence electrons. The molecule has 0 saturated heterocycles. The van der Waals surface area contributed by atoms with Crippen molar-refractivity contribution in [2.75, 3.05) is 6.07 Å². The Morgan fingerprint density at radius 2 is 1.46 bits per heavy atom. The average Bonchev–Trinajstić information content (AvgIpc) is 2.46. The van der Waals surface area contributed by atoms with Crippen molar-refractivity contribution >= 4 is 29.7 Å². The van der Waals surface area contributed by atoms with Gasteiger partial charge in [0.1, 0.15) is 17.8 Å². The van der Waals surface area contributed by atoms with Gasteiger partial charge < -0.3 is 18.9 Å². The van der Waals surface area contributed by atoms with E-state index in [1.54, 1.807) is 20.8 Å². The summed E-state index contributed by atoms with van der Waals surface area (Å²) in [5.74, 6) is -1.21. The smallest absolute Gasteiger partial charge is 0.459 e. The van der Waals surface area contributed by atoms with Crippen molar-refractivity contribution < 1.29 is 33.3 Å². The highest BCUT2D eigenvalue weighted by Crippen LogP contribution is 2.24. The molecule has 7 nitrogen and oxygen atoms in total. The molecular formula is C16H23ClO7.